The van der Waals surface area contributed by atoms with E-state index in [1.165, 1.54) is 0 Å². The molecule has 0 saturated carbocycles. The topological polar surface area (TPSA) is 0 Å². The van der Waals surface area contributed by atoms with Gasteiger partial charge >= 0.3 is 47.9 Å². The van der Waals surface area contributed by atoms with Crippen molar-refractivity contribution < 1.29 is 79.0 Å². The van der Waals surface area contributed by atoms with Crippen molar-refractivity contribution in [3.8, 4) is 0 Å². The fourth-order valence-corrected chi connectivity index (χ4v) is 2.52. The predicted octanol–water partition coefficient (Wildman–Crippen LogP) is 8.50. The summed E-state index contributed by atoms with van der Waals surface area (Å²) in [4.78, 5) is 0. The number of hydrogen-bond acceptors (Lipinski definition) is 0. The van der Waals surface area contributed by atoms with Gasteiger partial charge in [0, 0.05) is 11.1 Å². The smallest absolute Gasteiger partial charge is 0.194 e. The Balaban J connectivity index is 3.92. The van der Waals surface area contributed by atoms with E-state index in [9.17, 15) is 79.0 Å². The molecule has 0 aliphatic heterocycles. The third-order valence-electron chi connectivity index (χ3n) is 4.47. The number of hydrogen-bond donors (Lipinski definition) is 0. The Morgan fingerprint density at radius 1 is 0.543 bits per heavy atom. The largest absolute Gasteiger partial charge is 0.460 e. The summed E-state index contributed by atoms with van der Waals surface area (Å²) in [6.45, 7) is 1.00. The maximum Gasteiger partial charge on any atom is 0.460 e. The average Bonchev–Trinajstić information content (AvgIpc) is 2.65. The van der Waals surface area contributed by atoms with Crippen molar-refractivity contribution in [3.63, 3.8) is 0 Å². The van der Waals surface area contributed by atoms with E-state index in [4.69, 9.17) is 0 Å². The maximum atomic E-state index is 14.3. The molecule has 0 unspecified atom stereocenters. The minimum atomic E-state index is -7.56. The first kappa shape index (κ1) is 31.0. The molecule has 35 heavy (non-hydrogen) atoms. The van der Waals surface area contributed by atoms with Crippen LogP contribution >= 0.6 is 0 Å². The molecule has 0 saturated heterocycles. The van der Waals surface area contributed by atoms with E-state index in [2.05, 4.69) is 0 Å². The first-order chi connectivity index (χ1) is 15.2. The monoisotopic (exact) mass is 555 g/mol. The number of rotatable bonds is 8. The van der Waals surface area contributed by atoms with Gasteiger partial charge in [0.1, 0.15) is 0 Å². The first-order valence-electron chi connectivity index (χ1n) is 8.54. The van der Waals surface area contributed by atoms with Crippen LogP contribution < -0.4 is 0 Å². The number of halogens is 18. The fourth-order valence-electron chi connectivity index (χ4n) is 2.52. The quantitative estimate of drug-likeness (QED) is 0.283. The van der Waals surface area contributed by atoms with Crippen molar-refractivity contribution in [1.82, 2.24) is 0 Å². The minimum absolute atomic E-state index is 0.264. The molecule has 0 aromatic heterocycles. The summed E-state index contributed by atoms with van der Waals surface area (Å²) in [6.07, 6.45) is -14.9. The standard InChI is InChI=1S/C17H9F18/c1-2-3-7-4-5-8(10(18,19)12(22,23)14(26,27)16(30,31)32)6-9(7)11(20,21)13(24,25)15(28,29)17(33,34)35/h3-6H,2H2,1H3. The molecule has 0 amide bonds. The van der Waals surface area contributed by atoms with Crippen molar-refractivity contribution in [2.75, 3.05) is 0 Å². The number of alkyl halides is 18. The minimum Gasteiger partial charge on any atom is -0.194 e. The molecule has 0 fully saturated rings. The predicted molar refractivity (Wildman–Crippen MR) is 79.8 cm³/mol. The van der Waals surface area contributed by atoms with Gasteiger partial charge in [-0.15, -0.1) is 0 Å². The summed E-state index contributed by atoms with van der Waals surface area (Å²) in [7, 11) is 0. The summed E-state index contributed by atoms with van der Waals surface area (Å²) in [5.74, 6) is -43.7. The van der Waals surface area contributed by atoms with E-state index >= 15 is 0 Å². The highest BCUT2D eigenvalue weighted by molar-refractivity contribution is 5.43. The third-order valence-corrected chi connectivity index (χ3v) is 4.47. The maximum absolute atomic E-state index is 14.3. The van der Waals surface area contributed by atoms with E-state index in [0.717, 1.165) is 6.92 Å². The van der Waals surface area contributed by atoms with Crippen LogP contribution in [-0.2, 0) is 11.8 Å². The van der Waals surface area contributed by atoms with Crippen LogP contribution in [0.2, 0.25) is 0 Å². The Bertz CT molecular complexity index is 905. The van der Waals surface area contributed by atoms with Gasteiger partial charge in [-0.05, 0) is 24.5 Å². The summed E-state index contributed by atoms with van der Waals surface area (Å²) in [6, 6.07) is -2.04. The van der Waals surface area contributed by atoms with Gasteiger partial charge < -0.3 is 0 Å². The van der Waals surface area contributed by atoms with Crippen LogP contribution in [0, 0.1) is 6.42 Å². The Kier molecular flexibility index (Phi) is 7.54. The molecule has 0 spiro atoms. The van der Waals surface area contributed by atoms with E-state index in [1.54, 1.807) is 0 Å². The molecule has 0 bridgehead atoms. The molecule has 0 heterocycles. The van der Waals surface area contributed by atoms with E-state index < -0.39 is 83.1 Å². The second-order valence-corrected chi connectivity index (χ2v) is 6.86. The van der Waals surface area contributed by atoms with Crippen LogP contribution in [0.15, 0.2) is 18.2 Å². The summed E-state index contributed by atoms with van der Waals surface area (Å²) in [5.41, 5.74) is -7.36. The molecular weight excluding hydrogens is 546 g/mol. The molecule has 0 N–H and O–H groups in total. The normalized spacial score (nSPS) is 15.5. The third kappa shape index (κ3) is 4.49. The van der Waals surface area contributed by atoms with Crippen molar-refractivity contribution in [3.05, 3.63) is 41.3 Å². The Hall–Kier alpha value is -2.04. The lowest BCUT2D eigenvalue weighted by Gasteiger charge is -2.36. The van der Waals surface area contributed by atoms with E-state index in [1.807, 2.05) is 0 Å². The molecule has 1 aromatic carbocycles. The lowest BCUT2D eigenvalue weighted by Crippen LogP contribution is -2.60. The second kappa shape index (κ2) is 8.52. The van der Waals surface area contributed by atoms with Gasteiger partial charge in [0.15, 0.2) is 0 Å². The zero-order valence-corrected chi connectivity index (χ0v) is 16.3. The van der Waals surface area contributed by atoms with Gasteiger partial charge in [0.2, 0.25) is 0 Å². The molecule has 203 valence electrons. The first-order valence-corrected chi connectivity index (χ1v) is 8.54. The molecule has 0 atom stereocenters. The van der Waals surface area contributed by atoms with Crippen LogP contribution in [0.25, 0.3) is 0 Å². The molecule has 0 nitrogen and oxygen atoms in total. The van der Waals surface area contributed by atoms with Crippen LogP contribution in [0.5, 0.6) is 0 Å². The Morgan fingerprint density at radius 2 is 0.914 bits per heavy atom. The Labute approximate surface area is 182 Å². The molecule has 0 aliphatic rings. The van der Waals surface area contributed by atoms with Gasteiger partial charge in [0.25, 0.3) is 0 Å². The zero-order chi connectivity index (χ0) is 28.3. The highest BCUT2D eigenvalue weighted by atomic mass is 19.4. The lowest BCUT2D eigenvalue weighted by atomic mass is 9.87. The highest BCUT2D eigenvalue weighted by Gasteiger charge is 2.83. The van der Waals surface area contributed by atoms with Gasteiger partial charge in [-0.2, -0.15) is 79.0 Å². The second-order valence-electron chi connectivity index (χ2n) is 6.86. The molecule has 0 aliphatic carbocycles. The fraction of sp³-hybridized carbons (Fsp3) is 0.588. The van der Waals surface area contributed by atoms with E-state index in [-0.39, 0.29) is 6.07 Å². The van der Waals surface area contributed by atoms with E-state index in [0.29, 0.717) is 6.42 Å². The lowest BCUT2D eigenvalue weighted by molar-refractivity contribution is -0.400. The van der Waals surface area contributed by atoms with Gasteiger partial charge in [-0.25, -0.2) is 0 Å². The average molecular weight is 555 g/mol. The van der Waals surface area contributed by atoms with Crippen molar-refractivity contribution >= 4 is 0 Å². The van der Waals surface area contributed by atoms with Gasteiger partial charge in [-0.3, -0.25) is 0 Å². The van der Waals surface area contributed by atoms with Crippen LogP contribution in [0.1, 0.15) is 30.0 Å². The molecule has 1 rings (SSSR count). The number of benzene rings is 1. The summed E-state index contributed by atoms with van der Waals surface area (Å²) < 4.78 is 237. The highest BCUT2D eigenvalue weighted by Crippen LogP contribution is 2.59. The molecular formula is C17H9F18. The molecule has 18 heteroatoms. The molecule has 1 aromatic rings. The molecule has 1 radical (unpaired) electrons. The van der Waals surface area contributed by atoms with Crippen LogP contribution in [0.3, 0.4) is 0 Å². The summed E-state index contributed by atoms with van der Waals surface area (Å²) >= 11 is 0. The van der Waals surface area contributed by atoms with Crippen molar-refractivity contribution in [2.24, 2.45) is 0 Å². The SMILES string of the molecule is CC[CH]c1ccc(C(F)(F)C(F)(F)C(F)(F)C(F)(F)F)cc1C(F)(F)C(F)(F)C(F)(F)C(F)(F)F. The van der Waals surface area contributed by atoms with Crippen molar-refractivity contribution in [2.45, 2.75) is 61.2 Å². The zero-order valence-electron chi connectivity index (χ0n) is 16.3. The summed E-state index contributed by atoms with van der Waals surface area (Å²) in [5, 5.41) is 0. The van der Waals surface area contributed by atoms with Crippen LogP contribution in [0.4, 0.5) is 79.0 Å². The van der Waals surface area contributed by atoms with Crippen molar-refractivity contribution in [1.29, 1.82) is 0 Å². The van der Waals surface area contributed by atoms with Gasteiger partial charge in [-0.1, -0.05) is 19.1 Å². The van der Waals surface area contributed by atoms with Crippen LogP contribution in [-0.4, -0.2) is 36.0 Å². The van der Waals surface area contributed by atoms with Gasteiger partial charge in [0.05, 0.1) is 0 Å². The Morgan fingerprint density at radius 3 is 1.26 bits per heavy atom.